The molecule has 0 bridgehead atoms. The molecule has 0 aromatic carbocycles. The van der Waals surface area contributed by atoms with E-state index in [1.165, 1.54) is 0 Å². The number of quaternary nitrogens is 1. The Balaban J connectivity index is 0. The third-order valence-electron chi connectivity index (χ3n) is 0.420. The minimum atomic E-state index is -3.19. The normalized spacial score (nSPS) is 31.9. The maximum absolute atomic E-state index is 7.18. The zero-order valence-electron chi connectivity index (χ0n) is 13.1. The predicted octanol–water partition coefficient (Wildman–Crippen LogP) is -2.06. The lowest BCUT2D eigenvalue weighted by Gasteiger charge is -2.21. The molecule has 0 saturated carbocycles. The molecular weight excluding hydrogens is 145 g/mol. The Morgan fingerprint density at radius 2 is 2.00 bits per heavy atom. The first kappa shape index (κ1) is 2.01. The highest BCUT2D eigenvalue weighted by molar-refractivity contribution is 6.17. The van der Waals surface area contributed by atoms with Crippen LogP contribution in [0.5, 0.6) is 0 Å². The first-order valence-corrected chi connectivity index (χ1v) is 2.29. The lowest BCUT2D eigenvalue weighted by Crippen LogP contribution is -3.00. The van der Waals surface area contributed by atoms with Crippen molar-refractivity contribution in [2.45, 2.75) is 0 Å². The van der Waals surface area contributed by atoms with E-state index in [0.717, 1.165) is 0 Å². The van der Waals surface area contributed by atoms with Crippen LogP contribution < -0.4 is 12.4 Å². The van der Waals surface area contributed by atoms with Gasteiger partial charge in [-0.05, 0) is 0 Å². The molecule has 0 atom stereocenters. The third kappa shape index (κ3) is 9.74. The van der Waals surface area contributed by atoms with Gasteiger partial charge < -0.3 is 16.9 Å². The lowest BCUT2D eigenvalue weighted by atomic mass is 10.6. The van der Waals surface area contributed by atoms with E-state index in [0.29, 0.717) is 0 Å². The average molecular weight is 167 g/mol. The second-order valence-electron chi connectivity index (χ2n) is 1.22. The van der Waals surface area contributed by atoms with E-state index in [2.05, 4.69) is 0 Å². The molecule has 0 spiro atoms. The predicted molar refractivity (Wildman–Crippen MR) is 33.6 cm³/mol. The van der Waals surface area contributed by atoms with Crippen LogP contribution in [0.15, 0.2) is 0 Å². The van der Waals surface area contributed by atoms with Crippen molar-refractivity contribution in [1.29, 1.82) is 0 Å². The summed E-state index contributed by atoms with van der Waals surface area (Å²) in [5, 5.41) is 0. The Labute approximate surface area is 75.3 Å². The van der Waals surface area contributed by atoms with Gasteiger partial charge in [-0.2, -0.15) is 0 Å². The largest absolute Gasteiger partial charge is 1.00 e. The van der Waals surface area contributed by atoms with Gasteiger partial charge in [0.05, 0.1) is 45.7 Å². The topological polar surface area (TPSA) is 0 Å². The zero-order valence-corrected chi connectivity index (χ0v) is 5.63. The van der Waals surface area contributed by atoms with E-state index >= 15 is 0 Å². The number of rotatable bonds is 2. The first-order valence-electron chi connectivity index (χ1n) is 6.25. The molecule has 8 heavy (non-hydrogen) atoms. The van der Waals surface area contributed by atoms with Gasteiger partial charge in [0.25, 0.3) is 0 Å². The van der Waals surface area contributed by atoms with Crippen molar-refractivity contribution in [3.63, 3.8) is 0 Å². The second-order valence-corrected chi connectivity index (χ2v) is 1.60. The highest BCUT2D eigenvalue weighted by Crippen LogP contribution is 1.88. The average Bonchev–Trinajstić information content (AvgIpc) is 1.91. The van der Waals surface area contributed by atoms with Crippen molar-refractivity contribution in [3.05, 3.63) is 0 Å². The summed E-state index contributed by atoms with van der Waals surface area (Å²) in [6.45, 7) is -10.2. The van der Waals surface area contributed by atoms with Crippen molar-refractivity contribution in [3.8, 4) is 0 Å². The van der Waals surface area contributed by atoms with Crippen molar-refractivity contribution >= 4 is 11.6 Å². The fraction of sp³-hybridized carbons (Fsp3) is 1.00. The van der Waals surface area contributed by atoms with Gasteiger partial charge in [-0.25, -0.2) is 0 Å². The summed E-state index contributed by atoms with van der Waals surface area (Å²) in [7, 11) is 0. The van der Waals surface area contributed by atoms with Gasteiger partial charge in [-0.15, -0.1) is 11.6 Å². The van der Waals surface area contributed by atoms with Gasteiger partial charge in [0.2, 0.25) is 0 Å². The van der Waals surface area contributed by atoms with Crippen molar-refractivity contribution in [1.82, 2.24) is 0 Å². The Hall–Kier alpha value is 0.540. The maximum atomic E-state index is 7.18. The minimum Gasteiger partial charge on any atom is -1.00 e. The monoisotopic (exact) mass is 166 g/mol. The van der Waals surface area contributed by atoms with Crippen LogP contribution in [0, 0.1) is 0 Å². The highest BCUT2D eigenvalue weighted by Gasteiger charge is 2.02. The molecular formula is C5H13Cl2N. The van der Waals surface area contributed by atoms with E-state index in [-0.39, 0.29) is 18.3 Å². The third-order valence-corrected chi connectivity index (χ3v) is 0.589. The zero-order chi connectivity index (χ0) is 13.4. The van der Waals surface area contributed by atoms with Crippen LogP contribution in [0.2, 0.25) is 0 Å². The minimum absolute atomic E-state index is 0. The van der Waals surface area contributed by atoms with Crippen LogP contribution >= 0.6 is 11.6 Å². The van der Waals surface area contributed by atoms with E-state index in [1.54, 1.807) is 0 Å². The number of hydrogen-bond acceptors (Lipinski definition) is 0. The first-order chi connectivity index (χ1) is 6.81. The van der Waals surface area contributed by atoms with Gasteiger partial charge in [0.15, 0.2) is 0 Å². The van der Waals surface area contributed by atoms with Gasteiger partial charge in [0.1, 0.15) is 0 Å². The van der Waals surface area contributed by atoms with Crippen LogP contribution in [0.25, 0.3) is 0 Å². The van der Waals surface area contributed by atoms with Gasteiger partial charge in [-0.3, -0.25) is 0 Å². The summed E-state index contributed by atoms with van der Waals surface area (Å²) < 4.78 is 62.6. The maximum Gasteiger partial charge on any atom is 0.0918 e. The smallest absolute Gasteiger partial charge is 0.0918 e. The molecule has 0 aliphatic carbocycles. The standard InChI is InChI=1S/C5H13ClN.ClH/c1-7(2,3)5-4-6;/h4-5H2,1-3H3;1H/q+1;/p-1/i1D3,2D3,3D3;. The van der Waals surface area contributed by atoms with Crippen LogP contribution in [0.3, 0.4) is 0 Å². The molecule has 1 nitrogen and oxygen atoms in total. The Bertz CT molecular complexity index is 205. The summed E-state index contributed by atoms with van der Waals surface area (Å²) in [4.78, 5) is 0. The van der Waals surface area contributed by atoms with Gasteiger partial charge in [-0.1, -0.05) is 0 Å². The molecule has 0 amide bonds. The second kappa shape index (κ2) is 4.42. The molecule has 0 fully saturated rings. The summed E-state index contributed by atoms with van der Waals surface area (Å²) in [6.07, 6.45) is 0. The molecule has 0 heterocycles. The number of hydrogen-bond donors (Lipinski definition) is 0. The summed E-state index contributed by atoms with van der Waals surface area (Å²) in [5.74, 6) is -0.366. The summed E-state index contributed by atoms with van der Waals surface area (Å²) in [5.41, 5.74) is 0. The van der Waals surface area contributed by atoms with Crippen molar-refractivity contribution in [2.24, 2.45) is 0 Å². The van der Waals surface area contributed by atoms with Crippen LogP contribution in [-0.4, -0.2) is 37.8 Å². The molecule has 0 aliphatic heterocycles. The molecule has 52 valence electrons. The molecule has 0 aromatic heterocycles. The Morgan fingerprint density at radius 1 is 1.50 bits per heavy atom. The molecule has 0 aromatic rings. The Kier molecular flexibility index (Phi) is 1.11. The van der Waals surface area contributed by atoms with Gasteiger partial charge in [0, 0.05) is 0 Å². The van der Waals surface area contributed by atoms with E-state index in [1.807, 2.05) is 0 Å². The number of halogens is 2. The van der Waals surface area contributed by atoms with Crippen LogP contribution in [-0.2, 0) is 0 Å². The van der Waals surface area contributed by atoms with Crippen molar-refractivity contribution < 1.29 is 29.2 Å². The fourth-order valence-corrected chi connectivity index (χ4v) is 0.380. The fourth-order valence-electron chi connectivity index (χ4n) is 0.127. The lowest BCUT2D eigenvalue weighted by molar-refractivity contribution is -0.867. The Morgan fingerprint density at radius 3 is 2.12 bits per heavy atom. The molecule has 0 rings (SSSR count). The number of alkyl halides is 1. The van der Waals surface area contributed by atoms with E-state index in [9.17, 15) is 0 Å². The molecule has 0 saturated heterocycles. The SMILES string of the molecule is [2H]C([2H])([2H])[N+](CCCl)(C([2H])([2H])[2H])C([2H])([2H])[2H].[Cl-]. The van der Waals surface area contributed by atoms with Crippen LogP contribution in [0.4, 0.5) is 0 Å². The summed E-state index contributed by atoms with van der Waals surface area (Å²) in [6, 6.07) is 0. The van der Waals surface area contributed by atoms with E-state index in [4.69, 9.17) is 23.9 Å². The summed E-state index contributed by atoms with van der Waals surface area (Å²) >= 11 is 5.34. The molecule has 0 unspecified atom stereocenters. The number of nitrogens with zero attached hydrogens (tertiary/aromatic N) is 1. The molecule has 0 aliphatic rings. The van der Waals surface area contributed by atoms with Crippen LogP contribution in [0.1, 0.15) is 12.3 Å². The quantitative estimate of drug-likeness (QED) is 0.327. The molecule has 0 radical (unpaired) electrons. The van der Waals surface area contributed by atoms with E-state index < -0.39 is 32.0 Å². The highest BCUT2D eigenvalue weighted by atomic mass is 35.5. The molecule has 3 heteroatoms. The van der Waals surface area contributed by atoms with Crippen molar-refractivity contribution in [2.75, 3.05) is 33.4 Å². The van der Waals surface area contributed by atoms with Gasteiger partial charge >= 0.3 is 0 Å². The molecule has 0 N–H and O–H groups in total.